The van der Waals surface area contributed by atoms with Gasteiger partial charge >= 0.3 is 5.97 Å². The summed E-state index contributed by atoms with van der Waals surface area (Å²) in [5.74, 6) is -0.961. The Labute approximate surface area is 149 Å². The largest absolute Gasteiger partial charge is 0.481 e. The zero-order valence-electron chi connectivity index (χ0n) is 15.2. The molecule has 0 spiro atoms. The van der Waals surface area contributed by atoms with Gasteiger partial charge in [0, 0.05) is 18.2 Å². The van der Waals surface area contributed by atoms with Gasteiger partial charge in [-0.25, -0.2) is 0 Å². The van der Waals surface area contributed by atoms with Gasteiger partial charge in [0.1, 0.15) is 0 Å². The van der Waals surface area contributed by atoms with E-state index in [1.54, 1.807) is 4.90 Å². The topological polar surface area (TPSA) is 57.6 Å². The second-order valence-corrected chi connectivity index (χ2v) is 6.45. The van der Waals surface area contributed by atoms with Gasteiger partial charge in [-0.05, 0) is 42.2 Å². The number of hydrogen-bond acceptors (Lipinski definition) is 2. The van der Waals surface area contributed by atoms with Gasteiger partial charge in [0.25, 0.3) is 0 Å². The van der Waals surface area contributed by atoms with Crippen LogP contribution in [0.3, 0.4) is 0 Å². The molecule has 4 nitrogen and oxygen atoms in total. The quantitative estimate of drug-likeness (QED) is 0.854. The third-order valence-corrected chi connectivity index (χ3v) is 4.30. The van der Waals surface area contributed by atoms with Crippen molar-refractivity contribution in [3.8, 4) is 11.1 Å². The first-order valence-corrected chi connectivity index (χ1v) is 8.57. The normalized spacial score (nSPS) is 10.8. The van der Waals surface area contributed by atoms with Crippen LogP contribution in [-0.4, -0.2) is 23.5 Å². The smallest absolute Gasteiger partial charge is 0.307 e. The molecule has 0 saturated heterocycles. The van der Waals surface area contributed by atoms with E-state index in [0.29, 0.717) is 6.54 Å². The van der Waals surface area contributed by atoms with Crippen LogP contribution in [0.15, 0.2) is 42.5 Å². The average Bonchev–Trinajstić information content (AvgIpc) is 2.58. The lowest BCUT2D eigenvalue weighted by molar-refractivity contribution is -0.136. The van der Waals surface area contributed by atoms with E-state index in [2.05, 4.69) is 0 Å². The zero-order valence-corrected chi connectivity index (χ0v) is 15.2. The van der Waals surface area contributed by atoms with Crippen molar-refractivity contribution in [3.05, 3.63) is 53.6 Å². The Kier molecular flexibility index (Phi) is 5.97. The molecule has 0 aliphatic carbocycles. The number of carboxylic acid groups (broad SMARTS) is 1. The lowest BCUT2D eigenvalue weighted by Crippen LogP contribution is -2.34. The molecule has 0 fully saturated rings. The summed E-state index contributed by atoms with van der Waals surface area (Å²) in [4.78, 5) is 25.6. The third kappa shape index (κ3) is 4.27. The van der Waals surface area contributed by atoms with E-state index in [1.165, 1.54) is 0 Å². The van der Waals surface area contributed by atoms with Crippen LogP contribution >= 0.6 is 0 Å². The molecule has 2 aromatic carbocycles. The van der Waals surface area contributed by atoms with E-state index >= 15 is 0 Å². The molecule has 0 bridgehead atoms. The van der Waals surface area contributed by atoms with Crippen molar-refractivity contribution in [3.63, 3.8) is 0 Å². The average molecular weight is 339 g/mol. The minimum absolute atomic E-state index is 0.0390. The highest BCUT2D eigenvalue weighted by molar-refractivity contribution is 5.96. The van der Waals surface area contributed by atoms with Crippen molar-refractivity contribution < 1.29 is 14.7 Å². The summed E-state index contributed by atoms with van der Waals surface area (Å²) >= 11 is 0. The number of carbonyl (C=O) groups is 2. The van der Waals surface area contributed by atoms with E-state index in [1.807, 2.05) is 70.2 Å². The fraction of sp³-hybridized carbons (Fsp3) is 0.333. The first kappa shape index (κ1) is 18.7. The number of carbonyl (C=O) groups excluding carboxylic acids is 1. The predicted octanol–water partition coefficient (Wildman–Crippen LogP) is 4.30. The van der Waals surface area contributed by atoms with Crippen molar-refractivity contribution >= 4 is 17.6 Å². The van der Waals surface area contributed by atoms with E-state index < -0.39 is 5.97 Å². The summed E-state index contributed by atoms with van der Waals surface area (Å²) in [6, 6.07) is 13.7. The SMILES string of the molecule is CCN(C(=O)C(C)C)c1cc(-c2ccccc2)cc(CC(=O)O)c1C. The monoisotopic (exact) mass is 339 g/mol. The molecule has 132 valence electrons. The predicted molar refractivity (Wildman–Crippen MR) is 101 cm³/mol. The second kappa shape index (κ2) is 7.97. The zero-order chi connectivity index (χ0) is 18.6. The number of aliphatic carboxylic acids is 1. The van der Waals surface area contributed by atoms with Crippen molar-refractivity contribution in [2.24, 2.45) is 5.92 Å². The van der Waals surface area contributed by atoms with Crippen LogP contribution in [0.1, 0.15) is 31.9 Å². The van der Waals surface area contributed by atoms with Crippen molar-refractivity contribution in [2.45, 2.75) is 34.1 Å². The molecule has 1 amide bonds. The fourth-order valence-electron chi connectivity index (χ4n) is 2.94. The van der Waals surface area contributed by atoms with Gasteiger partial charge in [-0.1, -0.05) is 50.2 Å². The van der Waals surface area contributed by atoms with Crippen LogP contribution < -0.4 is 4.90 Å². The molecule has 1 N–H and O–H groups in total. The van der Waals surface area contributed by atoms with E-state index in [-0.39, 0.29) is 18.2 Å². The van der Waals surface area contributed by atoms with Crippen LogP contribution in [0.5, 0.6) is 0 Å². The van der Waals surface area contributed by atoms with Crippen LogP contribution in [0.2, 0.25) is 0 Å². The molecule has 25 heavy (non-hydrogen) atoms. The van der Waals surface area contributed by atoms with Crippen LogP contribution in [0, 0.1) is 12.8 Å². The Bertz CT molecular complexity index is 766. The van der Waals surface area contributed by atoms with Gasteiger partial charge in [0.15, 0.2) is 0 Å². The molecule has 0 saturated carbocycles. The second-order valence-electron chi connectivity index (χ2n) is 6.45. The van der Waals surface area contributed by atoms with E-state index in [9.17, 15) is 14.7 Å². The standard InChI is InChI=1S/C21H25NO3/c1-5-22(21(25)14(2)3)19-12-18(16-9-7-6-8-10-16)11-17(15(19)4)13-20(23)24/h6-12,14H,5,13H2,1-4H3,(H,23,24). The Morgan fingerprint density at radius 2 is 1.72 bits per heavy atom. The van der Waals surface area contributed by atoms with Gasteiger partial charge in [0.2, 0.25) is 5.91 Å². The van der Waals surface area contributed by atoms with Gasteiger partial charge in [0.05, 0.1) is 6.42 Å². The Hall–Kier alpha value is -2.62. The maximum absolute atomic E-state index is 12.6. The summed E-state index contributed by atoms with van der Waals surface area (Å²) in [6.07, 6.45) is -0.0626. The molecule has 0 aliphatic rings. The highest BCUT2D eigenvalue weighted by Gasteiger charge is 2.21. The number of nitrogens with zero attached hydrogens (tertiary/aromatic N) is 1. The van der Waals surface area contributed by atoms with Gasteiger partial charge in [-0.15, -0.1) is 0 Å². The van der Waals surface area contributed by atoms with Crippen LogP contribution in [0.25, 0.3) is 11.1 Å². The number of carboxylic acids is 1. The highest BCUT2D eigenvalue weighted by Crippen LogP contribution is 2.32. The van der Waals surface area contributed by atoms with Gasteiger partial charge in [-0.2, -0.15) is 0 Å². The summed E-state index contributed by atoms with van der Waals surface area (Å²) in [6.45, 7) is 8.12. The van der Waals surface area contributed by atoms with Crippen LogP contribution in [0.4, 0.5) is 5.69 Å². The molecule has 0 aliphatic heterocycles. The van der Waals surface area contributed by atoms with Gasteiger partial charge < -0.3 is 10.0 Å². The number of amides is 1. The summed E-state index contributed by atoms with van der Waals surface area (Å²) in [5, 5.41) is 9.26. The highest BCUT2D eigenvalue weighted by atomic mass is 16.4. The molecule has 2 aromatic rings. The van der Waals surface area contributed by atoms with Gasteiger partial charge in [-0.3, -0.25) is 9.59 Å². The van der Waals surface area contributed by atoms with E-state index in [0.717, 1.165) is 27.9 Å². The summed E-state index contributed by atoms with van der Waals surface area (Å²) in [7, 11) is 0. The summed E-state index contributed by atoms with van der Waals surface area (Å²) in [5.41, 5.74) is 4.30. The molecule has 0 aromatic heterocycles. The molecule has 0 atom stereocenters. The lowest BCUT2D eigenvalue weighted by atomic mass is 9.95. The minimum atomic E-state index is -0.877. The van der Waals surface area contributed by atoms with E-state index in [4.69, 9.17) is 0 Å². The molecule has 4 heteroatoms. The fourth-order valence-corrected chi connectivity index (χ4v) is 2.94. The number of rotatable bonds is 6. The van der Waals surface area contributed by atoms with Crippen molar-refractivity contribution in [1.29, 1.82) is 0 Å². The first-order valence-electron chi connectivity index (χ1n) is 8.57. The maximum Gasteiger partial charge on any atom is 0.307 e. The maximum atomic E-state index is 12.6. The molecular weight excluding hydrogens is 314 g/mol. The molecule has 0 unspecified atom stereocenters. The number of anilines is 1. The Morgan fingerprint density at radius 3 is 2.24 bits per heavy atom. The van der Waals surface area contributed by atoms with Crippen LogP contribution in [-0.2, 0) is 16.0 Å². The Balaban J connectivity index is 2.64. The Morgan fingerprint density at radius 1 is 1.08 bits per heavy atom. The number of benzene rings is 2. The minimum Gasteiger partial charge on any atom is -0.481 e. The first-order chi connectivity index (χ1) is 11.8. The number of hydrogen-bond donors (Lipinski definition) is 1. The molecule has 2 rings (SSSR count). The molecule has 0 heterocycles. The van der Waals surface area contributed by atoms with Crippen molar-refractivity contribution in [2.75, 3.05) is 11.4 Å². The summed E-state index contributed by atoms with van der Waals surface area (Å²) < 4.78 is 0. The third-order valence-electron chi connectivity index (χ3n) is 4.30. The molecule has 0 radical (unpaired) electrons. The van der Waals surface area contributed by atoms with Crippen molar-refractivity contribution in [1.82, 2.24) is 0 Å². The molecular formula is C21H25NO3. The lowest BCUT2D eigenvalue weighted by Gasteiger charge is -2.27.